The van der Waals surface area contributed by atoms with E-state index in [0.29, 0.717) is 11.4 Å². The molecule has 0 aliphatic carbocycles. The number of nitrogens with one attached hydrogen (secondary N) is 1. The van der Waals surface area contributed by atoms with E-state index < -0.39 is 17.7 Å². The SMILES string of the molecule is COc1ccc(NC(=O)C(=O)C2C(C)C(c3ccccc3)=C3C=CC=CN32)cc1. The van der Waals surface area contributed by atoms with Crippen molar-refractivity contribution in [1.29, 1.82) is 0 Å². The minimum atomic E-state index is -0.622. The first-order valence-electron chi connectivity index (χ1n) is 9.52. The first-order chi connectivity index (χ1) is 14.1. The molecule has 2 atom stereocenters. The molecule has 146 valence electrons. The number of nitrogens with zero attached hydrogens (tertiary/aromatic N) is 1. The van der Waals surface area contributed by atoms with E-state index in [9.17, 15) is 9.59 Å². The van der Waals surface area contributed by atoms with Crippen LogP contribution < -0.4 is 10.1 Å². The van der Waals surface area contributed by atoms with Gasteiger partial charge >= 0.3 is 0 Å². The summed E-state index contributed by atoms with van der Waals surface area (Å²) in [6, 6.07) is 16.3. The second-order valence-electron chi connectivity index (χ2n) is 7.05. The molecule has 2 heterocycles. The number of ether oxygens (including phenoxy) is 1. The van der Waals surface area contributed by atoms with Gasteiger partial charge < -0.3 is 15.0 Å². The van der Waals surface area contributed by atoms with Crippen LogP contribution in [0.3, 0.4) is 0 Å². The monoisotopic (exact) mass is 386 g/mol. The summed E-state index contributed by atoms with van der Waals surface area (Å²) in [6.45, 7) is 2.00. The summed E-state index contributed by atoms with van der Waals surface area (Å²) in [5.74, 6) is -0.528. The van der Waals surface area contributed by atoms with Crippen LogP contribution in [0.1, 0.15) is 12.5 Å². The topological polar surface area (TPSA) is 58.6 Å². The lowest BCUT2D eigenvalue weighted by Gasteiger charge is -2.27. The standard InChI is InChI=1S/C24H22N2O3/c1-16-21(17-8-4-3-5-9-17)20-10-6-7-15-26(20)22(16)23(27)24(28)25-18-11-13-19(29-2)14-12-18/h3-16,22H,1-2H3,(H,25,28). The van der Waals surface area contributed by atoms with E-state index in [0.717, 1.165) is 16.8 Å². The fourth-order valence-electron chi connectivity index (χ4n) is 3.94. The Hall–Kier alpha value is -3.60. The molecule has 2 aliphatic heterocycles. The number of carbonyl (C=O) groups is 2. The van der Waals surface area contributed by atoms with Crippen LogP contribution in [0.5, 0.6) is 5.75 Å². The van der Waals surface area contributed by atoms with Crippen LogP contribution in [-0.2, 0) is 9.59 Å². The van der Waals surface area contributed by atoms with E-state index in [1.54, 1.807) is 31.4 Å². The maximum Gasteiger partial charge on any atom is 0.294 e. The van der Waals surface area contributed by atoms with Gasteiger partial charge in [-0.3, -0.25) is 9.59 Å². The van der Waals surface area contributed by atoms with Crippen molar-refractivity contribution in [2.45, 2.75) is 13.0 Å². The van der Waals surface area contributed by atoms with Gasteiger partial charge in [0.05, 0.1) is 7.11 Å². The zero-order chi connectivity index (χ0) is 20.4. The number of anilines is 1. The minimum Gasteiger partial charge on any atom is -0.497 e. The van der Waals surface area contributed by atoms with Crippen molar-refractivity contribution in [3.63, 3.8) is 0 Å². The van der Waals surface area contributed by atoms with E-state index in [2.05, 4.69) is 5.32 Å². The molecule has 2 unspecified atom stereocenters. The van der Waals surface area contributed by atoms with Gasteiger partial charge in [-0.1, -0.05) is 43.3 Å². The Kier molecular flexibility index (Phi) is 5.04. The molecule has 0 saturated carbocycles. The Labute approximate surface area is 170 Å². The number of amides is 1. The summed E-state index contributed by atoms with van der Waals surface area (Å²) in [7, 11) is 1.58. The summed E-state index contributed by atoms with van der Waals surface area (Å²) in [5, 5.41) is 2.71. The maximum absolute atomic E-state index is 13.2. The number of carbonyl (C=O) groups excluding carboxylic acids is 2. The summed E-state index contributed by atoms with van der Waals surface area (Å²) >= 11 is 0. The van der Waals surface area contributed by atoms with Crippen LogP contribution in [0.25, 0.3) is 5.57 Å². The number of methoxy groups -OCH3 is 1. The average molecular weight is 386 g/mol. The molecule has 5 heteroatoms. The van der Waals surface area contributed by atoms with Crippen LogP contribution in [0.4, 0.5) is 5.69 Å². The van der Waals surface area contributed by atoms with Crippen molar-refractivity contribution in [2.75, 3.05) is 12.4 Å². The number of rotatable bonds is 5. The van der Waals surface area contributed by atoms with Crippen LogP contribution in [0.15, 0.2) is 84.7 Å². The lowest BCUT2D eigenvalue weighted by molar-refractivity contribution is -0.137. The molecule has 0 spiro atoms. The fourth-order valence-corrected chi connectivity index (χ4v) is 3.94. The van der Waals surface area contributed by atoms with E-state index in [4.69, 9.17) is 4.74 Å². The number of Topliss-reactive ketones (excluding diaryl/α,β-unsaturated/α-hetero) is 1. The molecular weight excluding hydrogens is 364 g/mol. The molecule has 0 saturated heterocycles. The van der Waals surface area contributed by atoms with Crippen molar-refractivity contribution < 1.29 is 14.3 Å². The average Bonchev–Trinajstić information content (AvgIpc) is 3.06. The number of hydrogen-bond donors (Lipinski definition) is 1. The lowest BCUT2D eigenvalue weighted by Crippen LogP contribution is -2.43. The number of ketones is 1. The van der Waals surface area contributed by atoms with Crippen molar-refractivity contribution >= 4 is 23.0 Å². The molecule has 4 rings (SSSR count). The summed E-state index contributed by atoms with van der Waals surface area (Å²) in [5.41, 5.74) is 3.65. The Morgan fingerprint density at radius 3 is 2.41 bits per heavy atom. The van der Waals surface area contributed by atoms with Gasteiger partial charge in [-0.15, -0.1) is 0 Å². The number of fused-ring (bicyclic) bond motifs is 1. The smallest absolute Gasteiger partial charge is 0.294 e. The molecule has 0 radical (unpaired) electrons. The van der Waals surface area contributed by atoms with E-state index in [-0.39, 0.29) is 5.92 Å². The van der Waals surface area contributed by atoms with Gasteiger partial charge in [-0.2, -0.15) is 0 Å². The van der Waals surface area contributed by atoms with Gasteiger partial charge in [0.25, 0.3) is 5.91 Å². The molecule has 1 amide bonds. The highest BCUT2D eigenvalue weighted by Gasteiger charge is 2.43. The first-order valence-corrected chi connectivity index (χ1v) is 9.52. The summed E-state index contributed by atoms with van der Waals surface area (Å²) in [4.78, 5) is 27.8. The molecule has 0 aromatic heterocycles. The van der Waals surface area contributed by atoms with Gasteiger partial charge in [0.15, 0.2) is 0 Å². The third kappa shape index (κ3) is 3.47. The summed E-state index contributed by atoms with van der Waals surface area (Å²) < 4.78 is 5.12. The summed E-state index contributed by atoms with van der Waals surface area (Å²) in [6.07, 6.45) is 7.69. The van der Waals surface area contributed by atoms with Crippen LogP contribution in [0, 0.1) is 5.92 Å². The Balaban J connectivity index is 1.59. The van der Waals surface area contributed by atoms with E-state index in [1.807, 2.05) is 66.6 Å². The number of hydrogen-bond acceptors (Lipinski definition) is 4. The van der Waals surface area contributed by atoms with E-state index in [1.165, 1.54) is 0 Å². The predicted molar refractivity (Wildman–Crippen MR) is 113 cm³/mol. The Bertz CT molecular complexity index is 1020. The highest BCUT2D eigenvalue weighted by molar-refractivity contribution is 6.42. The fraction of sp³-hybridized carbons (Fsp3) is 0.167. The van der Waals surface area contributed by atoms with Crippen LogP contribution in [-0.4, -0.2) is 29.7 Å². The lowest BCUT2D eigenvalue weighted by atomic mass is 9.88. The zero-order valence-electron chi connectivity index (χ0n) is 16.3. The molecular formula is C24H22N2O3. The molecule has 1 N–H and O–H groups in total. The molecule has 2 aromatic carbocycles. The van der Waals surface area contributed by atoms with Crippen molar-refractivity contribution in [3.8, 4) is 5.75 Å². The first kappa shape index (κ1) is 18.7. The molecule has 0 bridgehead atoms. The molecule has 2 aromatic rings. The Morgan fingerprint density at radius 2 is 1.72 bits per heavy atom. The number of allylic oxidation sites excluding steroid dienone is 3. The quantitative estimate of drug-likeness (QED) is 0.789. The Morgan fingerprint density at radius 1 is 1.00 bits per heavy atom. The second kappa shape index (κ2) is 7.80. The van der Waals surface area contributed by atoms with Gasteiger partial charge in [-0.05, 0) is 47.6 Å². The van der Waals surface area contributed by atoms with Crippen molar-refractivity contribution in [2.24, 2.45) is 5.92 Å². The maximum atomic E-state index is 13.2. The highest BCUT2D eigenvalue weighted by Crippen LogP contribution is 2.42. The largest absolute Gasteiger partial charge is 0.497 e. The number of benzene rings is 2. The van der Waals surface area contributed by atoms with E-state index >= 15 is 0 Å². The predicted octanol–water partition coefficient (Wildman–Crippen LogP) is 4.02. The van der Waals surface area contributed by atoms with Gasteiger partial charge in [0, 0.05) is 23.5 Å². The van der Waals surface area contributed by atoms with Gasteiger partial charge in [0.1, 0.15) is 11.8 Å². The second-order valence-corrected chi connectivity index (χ2v) is 7.05. The van der Waals surface area contributed by atoms with Crippen molar-refractivity contribution in [3.05, 3.63) is 90.3 Å². The molecule has 0 fully saturated rings. The normalized spacial score (nSPS) is 19.9. The zero-order valence-corrected chi connectivity index (χ0v) is 16.3. The van der Waals surface area contributed by atoms with Crippen LogP contribution in [0.2, 0.25) is 0 Å². The molecule has 29 heavy (non-hydrogen) atoms. The van der Waals surface area contributed by atoms with Crippen LogP contribution >= 0.6 is 0 Å². The van der Waals surface area contributed by atoms with Gasteiger partial charge in [0.2, 0.25) is 5.78 Å². The third-order valence-electron chi connectivity index (χ3n) is 5.32. The molecule has 5 nitrogen and oxygen atoms in total. The van der Waals surface area contributed by atoms with Crippen molar-refractivity contribution in [1.82, 2.24) is 4.90 Å². The molecule has 2 aliphatic rings. The minimum absolute atomic E-state index is 0.131. The highest BCUT2D eigenvalue weighted by atomic mass is 16.5. The van der Waals surface area contributed by atoms with Gasteiger partial charge in [-0.25, -0.2) is 0 Å². The third-order valence-corrected chi connectivity index (χ3v) is 5.32.